The molecule has 2 heterocycles. The van der Waals surface area contributed by atoms with E-state index >= 15 is 0 Å². The van der Waals surface area contributed by atoms with E-state index in [9.17, 15) is 14.4 Å². The molecular formula is C18H15N3O6S2. The van der Waals surface area contributed by atoms with E-state index < -0.39 is 11.4 Å². The van der Waals surface area contributed by atoms with E-state index in [0.29, 0.717) is 26.7 Å². The van der Waals surface area contributed by atoms with Crippen LogP contribution in [0.25, 0.3) is 0 Å². The van der Waals surface area contributed by atoms with Gasteiger partial charge in [0.25, 0.3) is 0 Å². The van der Waals surface area contributed by atoms with Gasteiger partial charge in [0.15, 0.2) is 4.34 Å². The molecule has 150 valence electrons. The molecule has 1 N–H and O–H groups in total. The number of benzene rings is 1. The van der Waals surface area contributed by atoms with Gasteiger partial charge in [0, 0.05) is 13.0 Å². The first-order valence-corrected chi connectivity index (χ1v) is 9.96. The Labute approximate surface area is 173 Å². The lowest BCUT2D eigenvalue weighted by atomic mass is 10.2. The maximum absolute atomic E-state index is 12.2. The second-order valence-corrected chi connectivity index (χ2v) is 7.74. The maximum atomic E-state index is 12.2. The van der Waals surface area contributed by atoms with Crippen molar-refractivity contribution in [3.8, 4) is 11.5 Å². The molecule has 0 spiro atoms. The number of methoxy groups -OCH3 is 1. The van der Waals surface area contributed by atoms with Crippen LogP contribution in [0.3, 0.4) is 0 Å². The van der Waals surface area contributed by atoms with Gasteiger partial charge >= 0.3 is 5.97 Å². The molecular weight excluding hydrogens is 418 g/mol. The van der Waals surface area contributed by atoms with Gasteiger partial charge in [-0.15, -0.1) is 10.2 Å². The molecule has 1 amide bonds. The zero-order valence-electron chi connectivity index (χ0n) is 15.3. The number of aromatic nitrogens is 2. The molecule has 3 rings (SSSR count). The zero-order chi connectivity index (χ0) is 20.8. The van der Waals surface area contributed by atoms with Gasteiger partial charge in [0.1, 0.15) is 17.8 Å². The molecule has 0 radical (unpaired) electrons. The van der Waals surface area contributed by atoms with E-state index in [-0.39, 0.29) is 17.2 Å². The number of amides is 1. The lowest BCUT2D eigenvalue weighted by Gasteiger charge is -2.05. The van der Waals surface area contributed by atoms with Gasteiger partial charge in [-0.1, -0.05) is 29.2 Å². The van der Waals surface area contributed by atoms with Crippen molar-refractivity contribution in [3.63, 3.8) is 0 Å². The molecule has 2 aromatic heterocycles. The van der Waals surface area contributed by atoms with Crippen molar-refractivity contribution in [2.24, 2.45) is 0 Å². The number of hydrogen-bond donors (Lipinski definition) is 1. The highest BCUT2D eigenvalue weighted by Crippen LogP contribution is 2.28. The van der Waals surface area contributed by atoms with Crippen molar-refractivity contribution < 1.29 is 23.5 Å². The Bertz CT molecular complexity index is 1090. The molecule has 0 fully saturated rings. The van der Waals surface area contributed by atoms with Gasteiger partial charge in [-0.05, 0) is 18.2 Å². The summed E-state index contributed by atoms with van der Waals surface area (Å²) in [6, 6.07) is 7.63. The minimum absolute atomic E-state index is 0.213. The summed E-state index contributed by atoms with van der Waals surface area (Å²) in [7, 11) is 1.48. The Kier molecular flexibility index (Phi) is 6.62. The van der Waals surface area contributed by atoms with Crippen LogP contribution < -0.4 is 20.2 Å². The average Bonchev–Trinajstić information content (AvgIpc) is 3.14. The summed E-state index contributed by atoms with van der Waals surface area (Å²) in [5.41, 5.74) is -0.242. The lowest BCUT2D eigenvalue weighted by Crippen LogP contribution is -2.14. The number of rotatable bonds is 7. The summed E-state index contributed by atoms with van der Waals surface area (Å²) in [6.45, 7) is 1.38. The largest absolute Gasteiger partial charge is 0.497 e. The van der Waals surface area contributed by atoms with Crippen molar-refractivity contribution in [2.45, 2.75) is 17.0 Å². The first-order chi connectivity index (χ1) is 13.9. The normalized spacial score (nSPS) is 10.4. The highest BCUT2D eigenvalue weighted by Gasteiger charge is 2.14. The number of thioether (sulfide) groups is 1. The van der Waals surface area contributed by atoms with Crippen molar-refractivity contribution in [1.82, 2.24) is 10.2 Å². The minimum Gasteiger partial charge on any atom is -0.497 e. The van der Waals surface area contributed by atoms with Crippen LogP contribution in [0.4, 0.5) is 5.13 Å². The summed E-state index contributed by atoms with van der Waals surface area (Å²) in [6.07, 6.45) is 1.10. The highest BCUT2D eigenvalue weighted by atomic mass is 32.2. The first-order valence-electron chi connectivity index (χ1n) is 8.16. The number of carbonyl (C=O) groups excluding carboxylic acids is 2. The third kappa shape index (κ3) is 5.65. The molecule has 0 bridgehead atoms. The number of anilines is 1. The van der Waals surface area contributed by atoms with Gasteiger partial charge < -0.3 is 19.2 Å². The topological polar surface area (TPSA) is 121 Å². The van der Waals surface area contributed by atoms with Crippen LogP contribution in [0.2, 0.25) is 0 Å². The standard InChI is InChI=1S/C18H15N3O6S2/c1-10(22)19-17-20-21-18(29-17)28-9-13-7-14(23)15(8-26-13)27-16(24)11-4-3-5-12(6-11)25-2/h3-8H,9H2,1-2H3,(H,19,20,22). The Morgan fingerprint density at radius 2 is 2.10 bits per heavy atom. The third-order valence-corrected chi connectivity index (χ3v) is 5.38. The molecule has 11 heteroatoms. The summed E-state index contributed by atoms with van der Waals surface area (Å²) in [4.78, 5) is 35.4. The van der Waals surface area contributed by atoms with Gasteiger partial charge in [-0.25, -0.2) is 4.79 Å². The van der Waals surface area contributed by atoms with Crippen molar-refractivity contribution in [1.29, 1.82) is 0 Å². The predicted octanol–water partition coefficient (Wildman–Crippen LogP) is 2.97. The van der Waals surface area contributed by atoms with E-state index in [4.69, 9.17) is 13.9 Å². The second-order valence-electron chi connectivity index (χ2n) is 5.54. The molecule has 0 atom stereocenters. The third-order valence-electron chi connectivity index (χ3n) is 3.39. The zero-order valence-corrected chi connectivity index (χ0v) is 17.0. The summed E-state index contributed by atoms with van der Waals surface area (Å²) in [5, 5.41) is 10.7. The number of ether oxygens (including phenoxy) is 2. The summed E-state index contributed by atoms with van der Waals surface area (Å²) in [5.74, 6) is 0.0409. The summed E-state index contributed by atoms with van der Waals surface area (Å²) < 4.78 is 16.2. The average molecular weight is 433 g/mol. The fourth-order valence-electron chi connectivity index (χ4n) is 2.10. The van der Waals surface area contributed by atoms with Crippen molar-refractivity contribution >= 4 is 40.1 Å². The molecule has 0 aliphatic rings. The Balaban J connectivity index is 1.62. The fraction of sp³-hybridized carbons (Fsp3) is 0.167. The quantitative estimate of drug-likeness (QED) is 0.340. The summed E-state index contributed by atoms with van der Waals surface area (Å²) >= 11 is 2.50. The maximum Gasteiger partial charge on any atom is 0.343 e. The van der Waals surface area contributed by atoms with Crippen LogP contribution in [-0.4, -0.2) is 29.2 Å². The van der Waals surface area contributed by atoms with E-state index in [0.717, 1.165) is 6.26 Å². The SMILES string of the molecule is COc1cccc(C(=O)Oc2coc(CSc3nnc(NC(C)=O)s3)cc2=O)c1. The minimum atomic E-state index is -0.697. The van der Waals surface area contributed by atoms with E-state index in [1.54, 1.807) is 18.2 Å². The van der Waals surface area contributed by atoms with Gasteiger partial charge in [0.05, 0.1) is 18.4 Å². The smallest absolute Gasteiger partial charge is 0.343 e. The highest BCUT2D eigenvalue weighted by molar-refractivity contribution is 8.00. The van der Waals surface area contributed by atoms with Crippen LogP contribution in [-0.2, 0) is 10.5 Å². The Morgan fingerprint density at radius 1 is 1.28 bits per heavy atom. The number of nitrogens with zero attached hydrogens (tertiary/aromatic N) is 2. The molecule has 0 unspecified atom stereocenters. The van der Waals surface area contributed by atoms with Crippen molar-refractivity contribution in [2.75, 3.05) is 12.4 Å². The van der Waals surface area contributed by atoms with E-state index in [2.05, 4.69) is 15.5 Å². The van der Waals surface area contributed by atoms with Crippen molar-refractivity contribution in [3.05, 3.63) is 58.1 Å². The molecule has 29 heavy (non-hydrogen) atoms. The molecule has 0 aliphatic carbocycles. The van der Waals surface area contributed by atoms with Gasteiger partial charge in [-0.2, -0.15) is 0 Å². The molecule has 0 saturated carbocycles. The van der Waals surface area contributed by atoms with E-state index in [1.807, 2.05) is 0 Å². The first kappa shape index (κ1) is 20.6. The van der Waals surface area contributed by atoms with Gasteiger partial charge in [0.2, 0.25) is 22.2 Å². The second kappa shape index (κ2) is 9.34. The number of hydrogen-bond acceptors (Lipinski definition) is 10. The number of esters is 1. The molecule has 0 aliphatic heterocycles. The number of nitrogens with one attached hydrogen (secondary N) is 1. The predicted molar refractivity (Wildman–Crippen MR) is 107 cm³/mol. The molecule has 3 aromatic rings. The fourth-order valence-corrected chi connectivity index (χ4v) is 3.79. The lowest BCUT2D eigenvalue weighted by molar-refractivity contribution is -0.114. The van der Waals surface area contributed by atoms with E-state index in [1.165, 1.54) is 49.3 Å². The van der Waals surface area contributed by atoms with Crippen LogP contribution in [0.5, 0.6) is 11.5 Å². The van der Waals surface area contributed by atoms with Crippen LogP contribution >= 0.6 is 23.1 Å². The monoisotopic (exact) mass is 433 g/mol. The van der Waals surface area contributed by atoms with Crippen LogP contribution in [0, 0.1) is 0 Å². The Morgan fingerprint density at radius 3 is 2.83 bits per heavy atom. The van der Waals surface area contributed by atoms with Crippen LogP contribution in [0.15, 0.2) is 50.1 Å². The molecule has 9 nitrogen and oxygen atoms in total. The van der Waals surface area contributed by atoms with Crippen LogP contribution in [0.1, 0.15) is 23.0 Å². The molecule has 0 saturated heterocycles. The Hall–Kier alpha value is -3.18. The van der Waals surface area contributed by atoms with Gasteiger partial charge in [-0.3, -0.25) is 9.59 Å². The molecule has 1 aromatic carbocycles. The number of carbonyl (C=O) groups is 2.